The first-order valence-electron chi connectivity index (χ1n) is 10.1. The van der Waals surface area contributed by atoms with E-state index in [9.17, 15) is 19.8 Å². The summed E-state index contributed by atoms with van der Waals surface area (Å²) < 4.78 is 16.7. The third kappa shape index (κ3) is 6.44. The zero-order chi connectivity index (χ0) is 22.3. The van der Waals surface area contributed by atoms with Gasteiger partial charge in [-0.05, 0) is 48.2 Å². The van der Waals surface area contributed by atoms with Crippen molar-refractivity contribution in [2.24, 2.45) is 0 Å². The standard InChI is InChI=1S/C23H26O8/c24-18(14-29-19-7-5-16(6-8-19)12-21(25)26)15-30-20-4-1-3-17(11-20)13-23(22(27)28)9-2-10-31-23/h1,3-8,11,18,24H,2,9-10,12-15H2,(H,25,26)(H,27,28)/t18-,23?/m1/s1. The molecular formula is C23H26O8. The molecule has 2 aromatic rings. The van der Waals surface area contributed by atoms with Gasteiger partial charge in [0.15, 0.2) is 5.60 Å². The molecule has 3 rings (SSSR count). The normalized spacial score (nSPS) is 19.0. The van der Waals surface area contributed by atoms with Crippen LogP contribution in [0, 0.1) is 0 Å². The van der Waals surface area contributed by atoms with Crippen molar-refractivity contribution < 1.29 is 39.1 Å². The lowest BCUT2D eigenvalue weighted by atomic mass is 9.91. The fourth-order valence-electron chi connectivity index (χ4n) is 3.47. The average Bonchev–Trinajstić information content (AvgIpc) is 3.21. The molecule has 8 nitrogen and oxygen atoms in total. The van der Waals surface area contributed by atoms with Crippen LogP contribution in [0.25, 0.3) is 0 Å². The van der Waals surface area contributed by atoms with Gasteiger partial charge in [0, 0.05) is 13.0 Å². The molecule has 1 heterocycles. The van der Waals surface area contributed by atoms with Gasteiger partial charge in [-0.3, -0.25) is 4.79 Å². The van der Waals surface area contributed by atoms with Crippen molar-refractivity contribution in [3.8, 4) is 11.5 Å². The van der Waals surface area contributed by atoms with Crippen LogP contribution >= 0.6 is 0 Å². The summed E-state index contributed by atoms with van der Waals surface area (Å²) in [6.45, 7) is 0.450. The molecule has 0 bridgehead atoms. The largest absolute Gasteiger partial charge is 0.491 e. The second-order valence-electron chi connectivity index (χ2n) is 7.57. The maximum absolute atomic E-state index is 11.7. The van der Waals surface area contributed by atoms with Crippen LogP contribution in [0.15, 0.2) is 48.5 Å². The number of aliphatic hydroxyl groups is 1. The van der Waals surface area contributed by atoms with Crippen molar-refractivity contribution in [2.75, 3.05) is 19.8 Å². The van der Waals surface area contributed by atoms with Crippen molar-refractivity contribution in [2.45, 2.75) is 37.4 Å². The van der Waals surface area contributed by atoms with Crippen molar-refractivity contribution >= 4 is 11.9 Å². The van der Waals surface area contributed by atoms with Crippen LogP contribution < -0.4 is 9.47 Å². The molecule has 1 unspecified atom stereocenters. The van der Waals surface area contributed by atoms with Gasteiger partial charge in [-0.2, -0.15) is 0 Å². The Morgan fingerprint density at radius 2 is 1.71 bits per heavy atom. The Morgan fingerprint density at radius 3 is 2.32 bits per heavy atom. The molecule has 1 fully saturated rings. The number of carboxylic acids is 2. The fraction of sp³-hybridized carbons (Fsp3) is 0.391. The SMILES string of the molecule is O=C(O)Cc1ccc(OC[C@@H](O)COc2cccc(CC3(C(=O)O)CCCO3)c2)cc1. The molecule has 8 heteroatoms. The van der Waals surface area contributed by atoms with E-state index in [4.69, 9.17) is 19.3 Å². The molecular weight excluding hydrogens is 404 g/mol. The third-order valence-electron chi connectivity index (χ3n) is 5.04. The van der Waals surface area contributed by atoms with E-state index < -0.39 is 23.6 Å². The number of ether oxygens (including phenoxy) is 3. The van der Waals surface area contributed by atoms with Gasteiger partial charge in [0.25, 0.3) is 0 Å². The van der Waals surface area contributed by atoms with Crippen LogP contribution in [0.3, 0.4) is 0 Å². The molecule has 2 atom stereocenters. The Morgan fingerprint density at radius 1 is 1.00 bits per heavy atom. The molecule has 1 saturated heterocycles. The summed E-state index contributed by atoms with van der Waals surface area (Å²) in [5.74, 6) is -0.821. The number of carboxylic acid groups (broad SMARTS) is 2. The minimum Gasteiger partial charge on any atom is -0.491 e. The maximum atomic E-state index is 11.7. The minimum absolute atomic E-state index is 0.00112. The molecule has 0 aromatic heterocycles. The number of carbonyl (C=O) groups is 2. The number of rotatable bonds is 11. The van der Waals surface area contributed by atoms with Gasteiger partial charge in [0.2, 0.25) is 0 Å². The van der Waals surface area contributed by atoms with Crippen LogP contribution in [0.2, 0.25) is 0 Å². The van der Waals surface area contributed by atoms with Gasteiger partial charge < -0.3 is 29.5 Å². The summed E-state index contributed by atoms with van der Waals surface area (Å²) in [5, 5.41) is 28.5. The quantitative estimate of drug-likeness (QED) is 0.496. The highest BCUT2D eigenvalue weighted by Gasteiger charge is 2.42. The number of aliphatic hydroxyl groups excluding tert-OH is 1. The monoisotopic (exact) mass is 430 g/mol. The molecule has 0 saturated carbocycles. The average molecular weight is 430 g/mol. The second kappa shape index (κ2) is 10.3. The van der Waals surface area contributed by atoms with Gasteiger partial charge in [-0.15, -0.1) is 0 Å². The van der Waals surface area contributed by atoms with E-state index in [1.54, 1.807) is 42.5 Å². The van der Waals surface area contributed by atoms with Gasteiger partial charge in [-0.25, -0.2) is 4.79 Å². The van der Waals surface area contributed by atoms with Gasteiger partial charge in [0.1, 0.15) is 30.8 Å². The zero-order valence-corrected chi connectivity index (χ0v) is 17.0. The Hall–Kier alpha value is -3.10. The van der Waals surface area contributed by atoms with Gasteiger partial charge in [0.05, 0.1) is 6.42 Å². The Bertz CT molecular complexity index is 887. The number of benzene rings is 2. The molecule has 0 spiro atoms. The van der Waals surface area contributed by atoms with E-state index >= 15 is 0 Å². The highest BCUT2D eigenvalue weighted by molar-refractivity contribution is 5.78. The molecule has 2 aromatic carbocycles. The fourth-order valence-corrected chi connectivity index (χ4v) is 3.47. The van der Waals surface area contributed by atoms with Crippen LogP contribution in [0.5, 0.6) is 11.5 Å². The number of hydrogen-bond acceptors (Lipinski definition) is 6. The third-order valence-corrected chi connectivity index (χ3v) is 5.04. The van der Waals surface area contributed by atoms with Gasteiger partial charge in [-0.1, -0.05) is 24.3 Å². The predicted molar refractivity (Wildman–Crippen MR) is 110 cm³/mol. The zero-order valence-electron chi connectivity index (χ0n) is 17.0. The smallest absolute Gasteiger partial charge is 0.336 e. The van der Waals surface area contributed by atoms with Crippen molar-refractivity contribution in [1.82, 2.24) is 0 Å². The van der Waals surface area contributed by atoms with Crippen LogP contribution in [0.4, 0.5) is 0 Å². The minimum atomic E-state index is -1.19. The van der Waals surface area contributed by atoms with Crippen molar-refractivity contribution in [3.63, 3.8) is 0 Å². The molecule has 0 radical (unpaired) electrons. The Balaban J connectivity index is 1.48. The van der Waals surface area contributed by atoms with E-state index in [2.05, 4.69) is 0 Å². The lowest BCUT2D eigenvalue weighted by Crippen LogP contribution is -2.40. The van der Waals surface area contributed by atoms with Crippen LogP contribution in [-0.4, -0.2) is 58.8 Å². The Kier molecular flexibility index (Phi) is 7.49. The highest BCUT2D eigenvalue weighted by atomic mass is 16.5. The summed E-state index contributed by atoms with van der Waals surface area (Å²) >= 11 is 0. The summed E-state index contributed by atoms with van der Waals surface area (Å²) in [7, 11) is 0. The summed E-state index contributed by atoms with van der Waals surface area (Å²) in [4.78, 5) is 22.4. The topological polar surface area (TPSA) is 123 Å². The van der Waals surface area contributed by atoms with Crippen molar-refractivity contribution in [1.29, 1.82) is 0 Å². The number of hydrogen-bond donors (Lipinski definition) is 3. The summed E-state index contributed by atoms with van der Waals surface area (Å²) in [6.07, 6.45) is 0.502. The van der Waals surface area contributed by atoms with Crippen molar-refractivity contribution in [3.05, 3.63) is 59.7 Å². The highest BCUT2D eigenvalue weighted by Crippen LogP contribution is 2.31. The van der Waals surface area contributed by atoms with E-state index in [0.717, 1.165) is 12.0 Å². The lowest BCUT2D eigenvalue weighted by molar-refractivity contribution is -0.159. The molecule has 166 valence electrons. The lowest BCUT2D eigenvalue weighted by Gasteiger charge is -2.23. The first-order chi connectivity index (χ1) is 14.9. The summed E-state index contributed by atoms with van der Waals surface area (Å²) in [5.41, 5.74) is 0.261. The molecule has 3 N–H and O–H groups in total. The van der Waals surface area contributed by atoms with Crippen LogP contribution in [-0.2, 0) is 27.2 Å². The van der Waals surface area contributed by atoms with E-state index in [1.165, 1.54) is 0 Å². The van der Waals surface area contributed by atoms with Gasteiger partial charge >= 0.3 is 11.9 Å². The van der Waals surface area contributed by atoms with Crippen LogP contribution in [0.1, 0.15) is 24.0 Å². The van der Waals surface area contributed by atoms with E-state index in [-0.39, 0.29) is 26.1 Å². The molecule has 0 aliphatic carbocycles. The molecule has 0 amide bonds. The summed E-state index contributed by atoms with van der Waals surface area (Å²) in [6, 6.07) is 13.7. The molecule has 1 aliphatic heterocycles. The predicted octanol–water partition coefficient (Wildman–Crippen LogP) is 2.31. The molecule has 31 heavy (non-hydrogen) atoms. The van der Waals surface area contributed by atoms with E-state index in [1.807, 2.05) is 6.07 Å². The first-order valence-corrected chi connectivity index (χ1v) is 10.1. The maximum Gasteiger partial charge on any atom is 0.336 e. The Labute approximate surface area is 180 Å². The number of aliphatic carboxylic acids is 2. The van der Waals surface area contributed by atoms with E-state index in [0.29, 0.717) is 30.1 Å². The first kappa shape index (κ1) is 22.6. The molecule has 1 aliphatic rings. The second-order valence-corrected chi connectivity index (χ2v) is 7.57.